The number of likely N-dealkylation sites (N-methyl/N-ethyl adjacent to an activating group) is 1. The Kier molecular flexibility index (Phi) is 4.81. The van der Waals surface area contributed by atoms with E-state index >= 15 is 0 Å². The Labute approximate surface area is 111 Å². The second kappa shape index (κ2) is 6.37. The molecule has 0 saturated heterocycles. The van der Waals surface area contributed by atoms with Gasteiger partial charge >= 0.3 is 0 Å². The van der Waals surface area contributed by atoms with Crippen LogP contribution in [0.3, 0.4) is 0 Å². The SMILES string of the molecule is CNC1CCCCCCC1n1ccnc1C(C)C. The molecule has 2 rings (SSSR count). The highest BCUT2D eigenvalue weighted by Crippen LogP contribution is 2.29. The van der Waals surface area contributed by atoms with Gasteiger partial charge in [0.15, 0.2) is 0 Å². The lowest BCUT2D eigenvalue weighted by molar-refractivity contribution is 0.288. The van der Waals surface area contributed by atoms with Gasteiger partial charge in [-0.25, -0.2) is 4.98 Å². The molecular weight excluding hydrogens is 222 g/mol. The molecule has 0 spiro atoms. The number of aromatic nitrogens is 2. The van der Waals surface area contributed by atoms with E-state index in [1.54, 1.807) is 0 Å². The average molecular weight is 249 g/mol. The van der Waals surface area contributed by atoms with Crippen molar-refractivity contribution in [3.8, 4) is 0 Å². The fourth-order valence-electron chi connectivity index (χ4n) is 3.19. The third-order valence-electron chi connectivity index (χ3n) is 4.17. The summed E-state index contributed by atoms with van der Waals surface area (Å²) in [5.74, 6) is 1.74. The maximum absolute atomic E-state index is 4.55. The van der Waals surface area contributed by atoms with Gasteiger partial charge in [0.1, 0.15) is 5.82 Å². The summed E-state index contributed by atoms with van der Waals surface area (Å²) in [6.07, 6.45) is 12.2. The van der Waals surface area contributed by atoms with E-state index in [2.05, 4.69) is 42.0 Å². The molecular formula is C15H27N3. The van der Waals surface area contributed by atoms with Crippen molar-refractivity contribution in [2.45, 2.75) is 70.4 Å². The van der Waals surface area contributed by atoms with Crippen molar-refractivity contribution in [3.05, 3.63) is 18.2 Å². The molecule has 1 fully saturated rings. The summed E-state index contributed by atoms with van der Waals surface area (Å²) in [6.45, 7) is 4.46. The van der Waals surface area contributed by atoms with Gasteiger partial charge in [0, 0.05) is 24.4 Å². The summed E-state index contributed by atoms with van der Waals surface area (Å²) in [4.78, 5) is 4.55. The van der Waals surface area contributed by atoms with Crippen LogP contribution in [0.5, 0.6) is 0 Å². The number of hydrogen-bond donors (Lipinski definition) is 1. The first kappa shape index (κ1) is 13.6. The van der Waals surface area contributed by atoms with Crippen LogP contribution >= 0.6 is 0 Å². The van der Waals surface area contributed by atoms with Crippen molar-refractivity contribution in [1.82, 2.24) is 14.9 Å². The topological polar surface area (TPSA) is 29.9 Å². The van der Waals surface area contributed by atoms with Gasteiger partial charge in [-0.05, 0) is 19.9 Å². The van der Waals surface area contributed by atoms with Gasteiger partial charge in [-0.15, -0.1) is 0 Å². The fourth-order valence-corrected chi connectivity index (χ4v) is 3.19. The summed E-state index contributed by atoms with van der Waals surface area (Å²) < 4.78 is 2.43. The first-order valence-corrected chi connectivity index (χ1v) is 7.44. The molecule has 0 aliphatic heterocycles. The minimum atomic E-state index is 0.503. The summed E-state index contributed by atoms with van der Waals surface area (Å²) in [5, 5.41) is 3.53. The van der Waals surface area contributed by atoms with E-state index in [1.807, 2.05) is 6.20 Å². The van der Waals surface area contributed by atoms with E-state index in [4.69, 9.17) is 0 Å². The zero-order valence-electron chi connectivity index (χ0n) is 12.0. The summed E-state index contributed by atoms with van der Waals surface area (Å²) in [5.41, 5.74) is 0. The van der Waals surface area contributed by atoms with Gasteiger partial charge in [-0.1, -0.05) is 39.5 Å². The van der Waals surface area contributed by atoms with Crippen LogP contribution in [0.4, 0.5) is 0 Å². The molecule has 1 aromatic rings. The molecule has 2 unspecified atom stereocenters. The molecule has 1 N–H and O–H groups in total. The molecule has 3 heteroatoms. The van der Waals surface area contributed by atoms with E-state index in [9.17, 15) is 0 Å². The Morgan fingerprint density at radius 3 is 2.61 bits per heavy atom. The first-order valence-electron chi connectivity index (χ1n) is 7.44. The molecule has 0 radical (unpaired) electrons. The third-order valence-corrected chi connectivity index (χ3v) is 4.17. The Morgan fingerprint density at radius 2 is 1.94 bits per heavy atom. The van der Waals surface area contributed by atoms with Gasteiger partial charge in [0.25, 0.3) is 0 Å². The van der Waals surface area contributed by atoms with E-state index in [0.29, 0.717) is 18.0 Å². The molecule has 1 aliphatic carbocycles. The highest BCUT2D eigenvalue weighted by atomic mass is 15.1. The number of nitrogens with zero attached hydrogens (tertiary/aromatic N) is 2. The van der Waals surface area contributed by atoms with Gasteiger partial charge in [0.05, 0.1) is 6.04 Å². The zero-order chi connectivity index (χ0) is 13.0. The molecule has 3 nitrogen and oxygen atoms in total. The van der Waals surface area contributed by atoms with Crippen molar-refractivity contribution < 1.29 is 0 Å². The first-order chi connectivity index (χ1) is 8.74. The monoisotopic (exact) mass is 249 g/mol. The average Bonchev–Trinajstić information content (AvgIpc) is 2.78. The molecule has 1 aromatic heterocycles. The summed E-state index contributed by atoms with van der Waals surface area (Å²) in [6, 6.07) is 1.17. The lowest BCUT2D eigenvalue weighted by Gasteiger charge is -2.31. The number of nitrogens with one attached hydrogen (secondary N) is 1. The predicted octanol–water partition coefficient (Wildman–Crippen LogP) is 3.49. The maximum Gasteiger partial charge on any atom is 0.111 e. The van der Waals surface area contributed by atoms with Crippen molar-refractivity contribution in [1.29, 1.82) is 0 Å². The smallest absolute Gasteiger partial charge is 0.111 e. The van der Waals surface area contributed by atoms with Gasteiger partial charge in [-0.3, -0.25) is 0 Å². The molecule has 0 bridgehead atoms. The quantitative estimate of drug-likeness (QED) is 0.888. The van der Waals surface area contributed by atoms with Crippen LogP contribution in [0.2, 0.25) is 0 Å². The number of imidazole rings is 1. The van der Waals surface area contributed by atoms with Crippen molar-refractivity contribution in [3.63, 3.8) is 0 Å². The van der Waals surface area contributed by atoms with Crippen molar-refractivity contribution >= 4 is 0 Å². The highest BCUT2D eigenvalue weighted by molar-refractivity contribution is 5.02. The van der Waals surface area contributed by atoms with Crippen LogP contribution in [-0.4, -0.2) is 22.6 Å². The van der Waals surface area contributed by atoms with Crippen LogP contribution in [0.25, 0.3) is 0 Å². The second-order valence-corrected chi connectivity index (χ2v) is 5.80. The Balaban J connectivity index is 2.22. The Bertz CT molecular complexity index is 356. The van der Waals surface area contributed by atoms with E-state index in [1.165, 1.54) is 44.3 Å². The largest absolute Gasteiger partial charge is 0.330 e. The molecule has 18 heavy (non-hydrogen) atoms. The molecule has 0 amide bonds. The number of rotatable bonds is 3. The minimum absolute atomic E-state index is 0.503. The van der Waals surface area contributed by atoms with Crippen LogP contribution in [0.15, 0.2) is 12.4 Å². The fraction of sp³-hybridized carbons (Fsp3) is 0.800. The van der Waals surface area contributed by atoms with Crippen molar-refractivity contribution in [2.75, 3.05) is 7.05 Å². The van der Waals surface area contributed by atoms with Crippen LogP contribution < -0.4 is 5.32 Å². The van der Waals surface area contributed by atoms with E-state index in [-0.39, 0.29) is 0 Å². The molecule has 1 aliphatic rings. The summed E-state index contributed by atoms with van der Waals surface area (Å²) in [7, 11) is 2.10. The van der Waals surface area contributed by atoms with E-state index < -0.39 is 0 Å². The molecule has 1 heterocycles. The minimum Gasteiger partial charge on any atom is -0.330 e. The van der Waals surface area contributed by atoms with Crippen LogP contribution in [0.1, 0.15) is 70.2 Å². The normalized spacial score (nSPS) is 26.0. The van der Waals surface area contributed by atoms with Gasteiger partial charge in [-0.2, -0.15) is 0 Å². The highest BCUT2D eigenvalue weighted by Gasteiger charge is 2.25. The third kappa shape index (κ3) is 2.94. The van der Waals surface area contributed by atoms with E-state index in [0.717, 1.165) is 0 Å². The second-order valence-electron chi connectivity index (χ2n) is 5.80. The van der Waals surface area contributed by atoms with Crippen LogP contribution in [0, 0.1) is 0 Å². The zero-order valence-corrected chi connectivity index (χ0v) is 12.0. The van der Waals surface area contributed by atoms with Gasteiger partial charge in [0.2, 0.25) is 0 Å². The van der Waals surface area contributed by atoms with Crippen LogP contribution in [-0.2, 0) is 0 Å². The molecule has 0 aromatic carbocycles. The maximum atomic E-state index is 4.55. The molecule has 1 saturated carbocycles. The Hall–Kier alpha value is -0.830. The predicted molar refractivity (Wildman–Crippen MR) is 75.9 cm³/mol. The summed E-state index contributed by atoms with van der Waals surface area (Å²) >= 11 is 0. The lowest BCUT2D eigenvalue weighted by Crippen LogP contribution is -2.36. The Morgan fingerprint density at radius 1 is 1.22 bits per heavy atom. The van der Waals surface area contributed by atoms with Gasteiger partial charge < -0.3 is 9.88 Å². The molecule has 102 valence electrons. The number of hydrogen-bond acceptors (Lipinski definition) is 2. The standard InChI is InChI=1S/C15H27N3/c1-12(2)15-17-10-11-18(15)14-9-7-5-4-6-8-13(14)16-3/h10-14,16H,4-9H2,1-3H3. The molecule has 2 atom stereocenters. The van der Waals surface area contributed by atoms with Crippen molar-refractivity contribution in [2.24, 2.45) is 0 Å². The lowest BCUT2D eigenvalue weighted by atomic mass is 9.92.